The normalized spacial score (nSPS) is 12.2. The van der Waals surface area contributed by atoms with Gasteiger partial charge in [0.15, 0.2) is 0 Å². The third-order valence-electron chi connectivity index (χ3n) is 3.25. The van der Waals surface area contributed by atoms with E-state index in [0.717, 1.165) is 0 Å². The molecule has 0 atom stereocenters. The lowest BCUT2D eigenvalue weighted by Gasteiger charge is -2.06. The van der Waals surface area contributed by atoms with Crippen LogP contribution in [0.1, 0.15) is 10.4 Å². The van der Waals surface area contributed by atoms with E-state index in [1.165, 1.54) is 30.7 Å². The van der Waals surface area contributed by atoms with Crippen molar-refractivity contribution >= 4 is 42.1 Å². The third kappa shape index (κ3) is 3.72. The summed E-state index contributed by atoms with van der Waals surface area (Å²) in [5.74, 6) is 0.00691. The maximum atomic E-state index is 12.0. The molecule has 0 saturated heterocycles. The Morgan fingerprint density at radius 1 is 1.41 bits per heavy atom. The van der Waals surface area contributed by atoms with Crippen LogP contribution >= 0.6 is 22.7 Å². The van der Waals surface area contributed by atoms with Crippen molar-refractivity contribution in [2.45, 2.75) is 19.9 Å². The molecular formula is C13H16N4O2S3. The molecule has 0 saturated carbocycles. The summed E-state index contributed by atoms with van der Waals surface area (Å²) in [6, 6.07) is 2.17. The van der Waals surface area contributed by atoms with E-state index >= 15 is 0 Å². The summed E-state index contributed by atoms with van der Waals surface area (Å²) in [5, 5.41) is 10.8. The van der Waals surface area contributed by atoms with Crippen LogP contribution in [-0.4, -0.2) is 35.7 Å². The highest BCUT2D eigenvalue weighted by Gasteiger charge is 2.12. The van der Waals surface area contributed by atoms with E-state index in [-0.39, 0.29) is 5.75 Å². The van der Waals surface area contributed by atoms with Crippen LogP contribution in [0, 0.1) is 6.92 Å². The fourth-order valence-corrected chi connectivity index (χ4v) is 5.46. The summed E-state index contributed by atoms with van der Waals surface area (Å²) < 4.78 is 29.4. The Morgan fingerprint density at radius 3 is 3.05 bits per heavy atom. The number of nitrogens with zero attached hydrogens (tertiary/aromatic N) is 3. The third-order valence-corrected chi connectivity index (χ3v) is 6.84. The largest absolute Gasteiger partial charge is 0.252 e. The molecule has 0 aliphatic rings. The highest BCUT2D eigenvalue weighted by Crippen LogP contribution is 2.33. The number of aromatic nitrogens is 3. The van der Waals surface area contributed by atoms with Crippen molar-refractivity contribution in [2.75, 3.05) is 12.3 Å². The van der Waals surface area contributed by atoms with Gasteiger partial charge < -0.3 is 0 Å². The van der Waals surface area contributed by atoms with Crippen LogP contribution in [0.4, 0.5) is 0 Å². The standard InChI is InChI=1S/C13H16N4O2S3/c1-10-8-12-11(9-20-13(12)21-10)2-3-15-22(18,19)7-6-17-5-4-14-16-17/h4-5,8-9,15H,2-3,6-7H2,1H3. The molecule has 0 aromatic carbocycles. The molecule has 3 aromatic rings. The van der Waals surface area contributed by atoms with Crippen LogP contribution in [0.3, 0.4) is 0 Å². The average molecular weight is 356 g/mol. The van der Waals surface area contributed by atoms with Gasteiger partial charge in [0.25, 0.3) is 0 Å². The van der Waals surface area contributed by atoms with Crippen LogP contribution in [0.2, 0.25) is 0 Å². The van der Waals surface area contributed by atoms with Gasteiger partial charge in [0, 0.05) is 23.0 Å². The fourth-order valence-electron chi connectivity index (χ4n) is 2.16. The summed E-state index contributed by atoms with van der Waals surface area (Å²) >= 11 is 3.51. The van der Waals surface area contributed by atoms with Crippen LogP contribution in [-0.2, 0) is 23.0 Å². The molecule has 9 heteroatoms. The number of thiophene rings is 2. The summed E-state index contributed by atoms with van der Waals surface area (Å²) in [7, 11) is -3.29. The second-order valence-corrected chi connectivity index (χ2v) is 9.27. The molecule has 3 rings (SSSR count). The monoisotopic (exact) mass is 356 g/mol. The van der Waals surface area contributed by atoms with Crippen LogP contribution in [0.5, 0.6) is 0 Å². The van der Waals surface area contributed by atoms with E-state index in [1.807, 2.05) is 0 Å². The summed E-state index contributed by atoms with van der Waals surface area (Å²) in [6.07, 6.45) is 3.89. The molecule has 0 bridgehead atoms. The number of fused-ring (bicyclic) bond motifs is 1. The second kappa shape index (κ2) is 6.45. The number of hydrogen-bond donors (Lipinski definition) is 1. The quantitative estimate of drug-likeness (QED) is 0.703. The van der Waals surface area contributed by atoms with Crippen molar-refractivity contribution in [2.24, 2.45) is 0 Å². The van der Waals surface area contributed by atoms with Crippen molar-refractivity contribution in [1.82, 2.24) is 19.7 Å². The highest BCUT2D eigenvalue weighted by molar-refractivity contribution is 7.89. The zero-order chi connectivity index (χ0) is 15.6. The van der Waals surface area contributed by atoms with E-state index in [1.54, 1.807) is 28.9 Å². The first-order valence-electron chi connectivity index (χ1n) is 6.81. The van der Waals surface area contributed by atoms with Gasteiger partial charge in [-0.1, -0.05) is 5.21 Å². The van der Waals surface area contributed by atoms with Gasteiger partial charge in [-0.2, -0.15) is 0 Å². The lowest BCUT2D eigenvalue weighted by atomic mass is 10.2. The number of sulfonamides is 1. The lowest BCUT2D eigenvalue weighted by Crippen LogP contribution is -2.30. The first-order chi connectivity index (χ1) is 10.5. The molecule has 3 aromatic heterocycles. The molecule has 6 nitrogen and oxygen atoms in total. The Labute approximate surface area is 136 Å². The molecule has 0 radical (unpaired) electrons. The zero-order valence-corrected chi connectivity index (χ0v) is 14.5. The van der Waals surface area contributed by atoms with Crippen molar-refractivity contribution in [3.63, 3.8) is 0 Å². The molecule has 0 aliphatic heterocycles. The molecule has 3 heterocycles. The molecule has 1 N–H and O–H groups in total. The van der Waals surface area contributed by atoms with E-state index in [4.69, 9.17) is 0 Å². The SMILES string of the molecule is Cc1cc2c(CCNS(=O)(=O)CCn3ccnn3)csc2s1. The molecule has 0 fully saturated rings. The molecule has 0 aliphatic carbocycles. The minimum Gasteiger partial charge on any atom is -0.252 e. The highest BCUT2D eigenvalue weighted by atomic mass is 32.2. The maximum Gasteiger partial charge on any atom is 0.213 e. The van der Waals surface area contributed by atoms with E-state index < -0.39 is 10.0 Å². The average Bonchev–Trinajstić information content (AvgIpc) is 3.15. The lowest BCUT2D eigenvalue weighted by molar-refractivity contribution is 0.563. The first kappa shape index (κ1) is 15.6. The van der Waals surface area contributed by atoms with Gasteiger partial charge in [-0.25, -0.2) is 13.1 Å². The van der Waals surface area contributed by atoms with Gasteiger partial charge in [0.2, 0.25) is 10.0 Å². The van der Waals surface area contributed by atoms with E-state index in [2.05, 4.69) is 33.4 Å². The summed E-state index contributed by atoms with van der Waals surface area (Å²) in [5.41, 5.74) is 1.21. The van der Waals surface area contributed by atoms with Gasteiger partial charge in [-0.15, -0.1) is 27.8 Å². The van der Waals surface area contributed by atoms with Gasteiger partial charge in [-0.3, -0.25) is 4.68 Å². The van der Waals surface area contributed by atoms with Gasteiger partial charge in [0.05, 0.1) is 22.5 Å². The topological polar surface area (TPSA) is 76.9 Å². The molecule has 22 heavy (non-hydrogen) atoms. The summed E-state index contributed by atoms with van der Waals surface area (Å²) in [6.45, 7) is 2.82. The van der Waals surface area contributed by atoms with Crippen LogP contribution in [0.15, 0.2) is 23.8 Å². The zero-order valence-electron chi connectivity index (χ0n) is 12.0. The van der Waals surface area contributed by atoms with Crippen molar-refractivity contribution < 1.29 is 8.42 Å². The van der Waals surface area contributed by atoms with Crippen molar-refractivity contribution in [1.29, 1.82) is 0 Å². The minimum atomic E-state index is -3.29. The molecule has 0 unspecified atom stereocenters. The smallest absolute Gasteiger partial charge is 0.213 e. The number of nitrogens with one attached hydrogen (secondary N) is 1. The molecular weight excluding hydrogens is 340 g/mol. The number of hydrogen-bond acceptors (Lipinski definition) is 6. The number of rotatable bonds is 7. The Hall–Kier alpha value is -1.29. The summed E-state index contributed by atoms with van der Waals surface area (Å²) in [4.78, 5) is 1.29. The Bertz CT molecular complexity index is 849. The van der Waals surface area contributed by atoms with Crippen molar-refractivity contribution in [3.8, 4) is 0 Å². The Balaban J connectivity index is 1.53. The predicted octanol–water partition coefficient (Wildman–Crippen LogP) is 2.02. The Morgan fingerprint density at radius 2 is 2.27 bits per heavy atom. The van der Waals surface area contributed by atoms with Crippen LogP contribution < -0.4 is 4.72 Å². The van der Waals surface area contributed by atoms with E-state index in [9.17, 15) is 8.42 Å². The van der Waals surface area contributed by atoms with Gasteiger partial charge >= 0.3 is 0 Å². The maximum absolute atomic E-state index is 12.0. The van der Waals surface area contributed by atoms with Crippen molar-refractivity contribution in [3.05, 3.63) is 34.3 Å². The van der Waals surface area contributed by atoms with Crippen LogP contribution in [0.25, 0.3) is 9.40 Å². The number of aryl methyl sites for hydroxylation is 2. The second-order valence-electron chi connectivity index (χ2n) is 4.95. The molecule has 118 valence electrons. The van der Waals surface area contributed by atoms with Gasteiger partial charge in [0.1, 0.15) is 0 Å². The van der Waals surface area contributed by atoms with E-state index in [0.29, 0.717) is 19.5 Å². The van der Waals surface area contributed by atoms with Gasteiger partial charge in [-0.05, 0) is 30.4 Å². The molecule has 0 spiro atoms. The molecule has 0 amide bonds. The Kier molecular flexibility index (Phi) is 4.57. The predicted molar refractivity (Wildman–Crippen MR) is 90.0 cm³/mol. The first-order valence-corrected chi connectivity index (χ1v) is 10.2. The fraction of sp³-hybridized carbons (Fsp3) is 0.385. The minimum absolute atomic E-state index is 0.00691.